The Morgan fingerprint density at radius 3 is 2.34 bits per heavy atom. The van der Waals surface area contributed by atoms with Crippen LogP contribution in [0, 0.1) is 0 Å². The molecule has 0 aliphatic heterocycles. The van der Waals surface area contributed by atoms with Gasteiger partial charge >= 0.3 is 11.9 Å². The van der Waals surface area contributed by atoms with E-state index in [9.17, 15) is 9.59 Å². The number of ether oxygens (including phenoxy) is 4. The molecule has 166 valence electrons. The van der Waals surface area contributed by atoms with Crippen LogP contribution in [0.2, 0.25) is 10.0 Å². The van der Waals surface area contributed by atoms with Gasteiger partial charge in [0.05, 0.1) is 15.1 Å². The summed E-state index contributed by atoms with van der Waals surface area (Å²) in [5.74, 6) is -0.109. The molecular weight excluding hydrogens is 523 g/mol. The van der Waals surface area contributed by atoms with Crippen molar-refractivity contribution in [3.05, 3.63) is 86.8 Å². The van der Waals surface area contributed by atoms with Crippen molar-refractivity contribution in [1.29, 1.82) is 0 Å². The van der Waals surface area contributed by atoms with Crippen molar-refractivity contribution < 1.29 is 28.5 Å². The molecule has 3 aromatic rings. The molecule has 0 bridgehead atoms. The Hall–Kier alpha value is -2.74. The van der Waals surface area contributed by atoms with Crippen molar-refractivity contribution in [2.45, 2.75) is 0 Å². The van der Waals surface area contributed by atoms with Gasteiger partial charge in [-0.15, -0.1) is 0 Å². The van der Waals surface area contributed by atoms with Crippen molar-refractivity contribution in [2.24, 2.45) is 0 Å². The SMILES string of the molecule is O=C(COc1c(Cl)cc(Cl)cc1Br)Oc1cccc(C(=O)OCCOc2ccccc2)c1. The van der Waals surface area contributed by atoms with E-state index in [0.717, 1.165) is 0 Å². The van der Waals surface area contributed by atoms with Crippen molar-refractivity contribution in [3.8, 4) is 17.2 Å². The first-order valence-corrected chi connectivity index (χ1v) is 10.9. The summed E-state index contributed by atoms with van der Waals surface area (Å²) in [6.45, 7) is -0.113. The minimum Gasteiger partial charge on any atom is -0.490 e. The first-order valence-electron chi connectivity index (χ1n) is 9.35. The van der Waals surface area contributed by atoms with Crippen LogP contribution in [-0.2, 0) is 9.53 Å². The lowest BCUT2D eigenvalue weighted by Crippen LogP contribution is -2.18. The maximum Gasteiger partial charge on any atom is 0.349 e. The number of benzene rings is 3. The highest BCUT2D eigenvalue weighted by Crippen LogP contribution is 2.36. The van der Waals surface area contributed by atoms with Gasteiger partial charge < -0.3 is 18.9 Å². The fourth-order valence-electron chi connectivity index (χ4n) is 2.54. The summed E-state index contributed by atoms with van der Waals surface area (Å²) >= 11 is 15.2. The van der Waals surface area contributed by atoms with E-state index in [-0.39, 0.29) is 35.3 Å². The number of carbonyl (C=O) groups is 2. The molecule has 32 heavy (non-hydrogen) atoms. The Kier molecular flexibility index (Phi) is 8.79. The first kappa shape index (κ1) is 23.9. The highest BCUT2D eigenvalue weighted by atomic mass is 79.9. The molecule has 3 aromatic carbocycles. The van der Waals surface area contributed by atoms with Crippen LogP contribution in [0.4, 0.5) is 0 Å². The maximum atomic E-state index is 12.2. The second-order valence-electron chi connectivity index (χ2n) is 6.29. The van der Waals surface area contributed by atoms with Gasteiger partial charge in [0.1, 0.15) is 24.7 Å². The van der Waals surface area contributed by atoms with Crippen LogP contribution in [0.15, 0.2) is 71.2 Å². The minimum absolute atomic E-state index is 0.0717. The van der Waals surface area contributed by atoms with E-state index < -0.39 is 18.5 Å². The fraction of sp³-hybridized carbons (Fsp3) is 0.130. The number of hydrogen-bond acceptors (Lipinski definition) is 6. The summed E-state index contributed by atoms with van der Waals surface area (Å²) in [6, 6.07) is 18.4. The van der Waals surface area contributed by atoms with Gasteiger partial charge in [0.25, 0.3) is 0 Å². The molecule has 0 N–H and O–H groups in total. The quantitative estimate of drug-likeness (QED) is 0.189. The number of hydrogen-bond donors (Lipinski definition) is 0. The van der Waals surface area contributed by atoms with Crippen molar-refractivity contribution in [2.75, 3.05) is 19.8 Å². The summed E-state index contributed by atoms with van der Waals surface area (Å²) < 4.78 is 21.8. The number of halogens is 3. The van der Waals surface area contributed by atoms with Crippen LogP contribution >= 0.6 is 39.1 Å². The van der Waals surface area contributed by atoms with Crippen molar-refractivity contribution >= 4 is 51.1 Å². The molecule has 9 heteroatoms. The number of esters is 2. The highest BCUT2D eigenvalue weighted by Gasteiger charge is 2.14. The summed E-state index contributed by atoms with van der Waals surface area (Å²) in [6.07, 6.45) is 0. The predicted molar refractivity (Wildman–Crippen MR) is 124 cm³/mol. The van der Waals surface area contributed by atoms with Gasteiger partial charge in [0, 0.05) is 5.02 Å². The van der Waals surface area contributed by atoms with Gasteiger partial charge in [-0.1, -0.05) is 47.5 Å². The van der Waals surface area contributed by atoms with Crippen LogP contribution in [0.3, 0.4) is 0 Å². The largest absolute Gasteiger partial charge is 0.490 e. The molecule has 0 saturated carbocycles. The third-order valence-electron chi connectivity index (χ3n) is 3.93. The van der Waals surface area contributed by atoms with E-state index in [1.807, 2.05) is 30.3 Å². The molecule has 0 aliphatic rings. The molecule has 0 atom stereocenters. The molecule has 0 amide bonds. The van der Waals surface area contributed by atoms with Crippen LogP contribution < -0.4 is 14.2 Å². The van der Waals surface area contributed by atoms with E-state index >= 15 is 0 Å². The van der Waals surface area contributed by atoms with Crippen LogP contribution in [0.1, 0.15) is 10.4 Å². The van der Waals surface area contributed by atoms with E-state index in [4.69, 9.17) is 42.1 Å². The van der Waals surface area contributed by atoms with Gasteiger partial charge in [-0.2, -0.15) is 0 Å². The first-order chi connectivity index (χ1) is 15.4. The number of rotatable bonds is 9. The number of para-hydroxylation sites is 1. The van der Waals surface area contributed by atoms with E-state index in [2.05, 4.69) is 15.9 Å². The maximum absolute atomic E-state index is 12.2. The summed E-state index contributed by atoms with van der Waals surface area (Å²) in [5, 5.41) is 0.672. The number of carbonyl (C=O) groups excluding carboxylic acids is 2. The highest BCUT2D eigenvalue weighted by molar-refractivity contribution is 9.10. The van der Waals surface area contributed by atoms with Gasteiger partial charge in [-0.05, 0) is 58.4 Å². The Labute approximate surface area is 203 Å². The predicted octanol–water partition coefficient (Wildman–Crippen LogP) is 5.98. The van der Waals surface area contributed by atoms with Gasteiger partial charge in [-0.25, -0.2) is 9.59 Å². The molecule has 0 aliphatic carbocycles. The zero-order chi connectivity index (χ0) is 22.9. The lowest BCUT2D eigenvalue weighted by Gasteiger charge is -2.11. The molecule has 0 saturated heterocycles. The molecule has 0 heterocycles. The van der Waals surface area contributed by atoms with Crippen LogP contribution in [-0.4, -0.2) is 31.8 Å². The third kappa shape index (κ3) is 7.15. The second kappa shape index (κ2) is 11.8. The second-order valence-corrected chi connectivity index (χ2v) is 7.98. The molecular formula is C23H17BrCl2O6. The van der Waals surface area contributed by atoms with Crippen LogP contribution in [0.25, 0.3) is 0 Å². The molecule has 0 spiro atoms. The van der Waals surface area contributed by atoms with Crippen molar-refractivity contribution in [1.82, 2.24) is 0 Å². The molecule has 6 nitrogen and oxygen atoms in total. The Morgan fingerprint density at radius 1 is 0.844 bits per heavy atom. The Bertz CT molecular complexity index is 1070. The lowest BCUT2D eigenvalue weighted by molar-refractivity contribution is -0.136. The van der Waals surface area contributed by atoms with E-state index in [0.29, 0.717) is 15.2 Å². The van der Waals surface area contributed by atoms with Crippen LogP contribution in [0.5, 0.6) is 17.2 Å². The molecule has 0 radical (unpaired) electrons. The minimum atomic E-state index is -0.676. The molecule has 3 rings (SSSR count). The Balaban J connectivity index is 1.48. The molecule has 0 fully saturated rings. The van der Waals surface area contributed by atoms with Crippen molar-refractivity contribution in [3.63, 3.8) is 0 Å². The average Bonchev–Trinajstić information content (AvgIpc) is 2.76. The van der Waals surface area contributed by atoms with Gasteiger partial charge in [0.15, 0.2) is 12.4 Å². The van der Waals surface area contributed by atoms with E-state index in [1.54, 1.807) is 24.3 Å². The Morgan fingerprint density at radius 2 is 1.59 bits per heavy atom. The molecule has 0 unspecified atom stereocenters. The fourth-order valence-corrected chi connectivity index (χ4v) is 3.91. The average molecular weight is 540 g/mol. The summed E-state index contributed by atoms with van der Waals surface area (Å²) in [7, 11) is 0. The van der Waals surface area contributed by atoms with Gasteiger partial charge in [0.2, 0.25) is 0 Å². The topological polar surface area (TPSA) is 71.1 Å². The standard InChI is InChI=1S/C23H17BrCl2O6/c24-19-12-16(25)13-20(26)22(19)31-14-21(27)32-18-8-4-5-15(11-18)23(28)30-10-9-29-17-6-2-1-3-7-17/h1-8,11-13H,9-10,14H2. The lowest BCUT2D eigenvalue weighted by atomic mass is 10.2. The van der Waals surface area contributed by atoms with Gasteiger partial charge in [-0.3, -0.25) is 0 Å². The molecule has 0 aromatic heterocycles. The zero-order valence-corrected chi connectivity index (χ0v) is 19.7. The van der Waals surface area contributed by atoms with E-state index in [1.165, 1.54) is 12.1 Å². The summed E-state index contributed by atoms with van der Waals surface area (Å²) in [5.41, 5.74) is 0.236. The normalized spacial score (nSPS) is 10.3. The smallest absolute Gasteiger partial charge is 0.349 e. The summed E-state index contributed by atoms with van der Waals surface area (Å²) in [4.78, 5) is 24.4. The third-order valence-corrected chi connectivity index (χ3v) is 5.02. The zero-order valence-electron chi connectivity index (χ0n) is 16.6. The monoisotopic (exact) mass is 538 g/mol.